The summed E-state index contributed by atoms with van der Waals surface area (Å²) >= 11 is 6.22. The summed E-state index contributed by atoms with van der Waals surface area (Å²) in [4.78, 5) is 5.44. The van der Waals surface area contributed by atoms with Gasteiger partial charge in [-0.05, 0) is 3.94 Å². The molecule has 0 N–H and O–H groups in total. The van der Waals surface area contributed by atoms with Gasteiger partial charge in [-0.15, -0.1) is 0 Å². The van der Waals surface area contributed by atoms with Gasteiger partial charge in [-0.2, -0.15) is 4.84 Å². The van der Waals surface area contributed by atoms with Crippen molar-refractivity contribution < 1.29 is 4.84 Å². The molecule has 1 aliphatic heterocycles. The molecule has 1 saturated heterocycles. The van der Waals surface area contributed by atoms with Gasteiger partial charge in [-0.25, -0.2) is 0 Å². The molecule has 64 valence electrons. The second-order valence-electron chi connectivity index (χ2n) is 2.61. The Morgan fingerprint density at radius 1 is 1.33 bits per heavy atom. The van der Waals surface area contributed by atoms with Crippen LogP contribution in [0.1, 0.15) is 0 Å². The van der Waals surface area contributed by atoms with Gasteiger partial charge in [-0.3, -0.25) is 0 Å². The largest absolute Gasteiger partial charge is 0.212 e. The van der Waals surface area contributed by atoms with E-state index in [0.717, 1.165) is 18.5 Å². The first kappa shape index (κ1) is 8.46. The molecule has 2 atom stereocenters. The van der Waals surface area contributed by atoms with Crippen LogP contribution >= 0.6 is 20.5 Å². The molecule has 1 aliphatic rings. The normalized spacial score (nSPS) is 31.1. The Bertz CT molecular complexity index is 261. The first-order valence-electron chi connectivity index (χ1n) is 3.85. The summed E-state index contributed by atoms with van der Waals surface area (Å²) in [6, 6.07) is 9.91. The Morgan fingerprint density at radius 3 is 2.67 bits per heavy atom. The van der Waals surface area contributed by atoms with Crippen LogP contribution in [0.2, 0.25) is 0 Å². The summed E-state index contributed by atoms with van der Waals surface area (Å²) in [5.74, 6) is 0. The maximum atomic E-state index is 6.22. The second-order valence-corrected chi connectivity index (χ2v) is 4.81. The number of hydrogen-bond donors (Lipinski definition) is 0. The molecular formula is C8H10ClNOP+. The first-order valence-corrected chi connectivity index (χ1v) is 5.34. The van der Waals surface area contributed by atoms with Crippen molar-refractivity contribution in [1.29, 1.82) is 0 Å². The lowest BCUT2D eigenvalue weighted by atomic mass is 10.3. The van der Waals surface area contributed by atoms with Crippen molar-refractivity contribution in [2.75, 3.05) is 12.8 Å². The van der Waals surface area contributed by atoms with Crippen molar-refractivity contribution in [3.63, 3.8) is 0 Å². The lowest BCUT2D eigenvalue weighted by Crippen LogP contribution is -2.23. The van der Waals surface area contributed by atoms with E-state index in [1.165, 1.54) is 0 Å². The number of nitrogens with zero attached hydrogens (tertiary/aromatic N) is 1. The second kappa shape index (κ2) is 3.31. The molecule has 1 aromatic carbocycles. The van der Waals surface area contributed by atoms with Gasteiger partial charge in [0.1, 0.15) is 6.61 Å². The van der Waals surface area contributed by atoms with Gasteiger partial charge in [0.2, 0.25) is 11.8 Å². The molecule has 0 bridgehead atoms. The zero-order chi connectivity index (χ0) is 8.44. The summed E-state index contributed by atoms with van der Waals surface area (Å²) in [5.41, 5.74) is 1.02. The van der Waals surface area contributed by atoms with Gasteiger partial charge in [0.25, 0.3) is 0 Å². The van der Waals surface area contributed by atoms with Gasteiger partial charge in [0, 0.05) is 12.1 Å². The maximum Gasteiger partial charge on any atom is 0.212 e. The minimum absolute atomic E-state index is 0.140. The van der Waals surface area contributed by atoms with Crippen molar-refractivity contribution in [3.8, 4) is 0 Å². The molecule has 0 aromatic heterocycles. The smallest absolute Gasteiger partial charge is 0.177 e. The van der Waals surface area contributed by atoms with Crippen LogP contribution in [0.5, 0.6) is 0 Å². The van der Waals surface area contributed by atoms with Gasteiger partial charge in [0.15, 0.2) is 14.4 Å². The van der Waals surface area contributed by atoms with Crippen LogP contribution in [0.25, 0.3) is 0 Å². The third-order valence-corrected chi connectivity index (χ3v) is 3.65. The highest BCUT2D eigenvalue weighted by atomic mass is 35.5. The maximum absolute atomic E-state index is 6.22. The van der Waals surface area contributed by atoms with E-state index < -0.39 is 0 Å². The van der Waals surface area contributed by atoms with Crippen LogP contribution in [0.3, 0.4) is 0 Å². The molecule has 2 rings (SSSR count). The monoisotopic (exact) mass is 202 g/mol. The zero-order valence-corrected chi connectivity index (χ0v) is 8.29. The Morgan fingerprint density at radius 2 is 2.08 bits per heavy atom. The molecule has 2 unspecified atom stereocenters. The molecule has 0 spiro atoms. The molecule has 0 saturated carbocycles. The molecule has 2 nitrogen and oxygen atoms in total. The van der Waals surface area contributed by atoms with Crippen molar-refractivity contribution in [3.05, 3.63) is 30.3 Å². The van der Waals surface area contributed by atoms with E-state index in [0.29, 0.717) is 8.73 Å². The molecule has 0 aliphatic carbocycles. The molecule has 4 heteroatoms. The fourth-order valence-electron chi connectivity index (χ4n) is 1.19. The van der Waals surface area contributed by atoms with E-state index in [2.05, 4.69) is 0 Å². The SMILES string of the molecule is Cl[N+]1(c2ccccc2)OCCP1. The standard InChI is InChI=1S/C8H10ClNOP/c9-10(11-6-7-12-10)8-4-2-1-3-5-8/h1-5,12H,6-7H2/q+1. The van der Waals surface area contributed by atoms with E-state index in [4.69, 9.17) is 16.6 Å². The van der Waals surface area contributed by atoms with E-state index in [-0.39, 0.29) is 3.94 Å². The lowest BCUT2D eigenvalue weighted by molar-refractivity contribution is 0.0259. The zero-order valence-electron chi connectivity index (χ0n) is 6.53. The lowest BCUT2D eigenvalue weighted by Gasteiger charge is -2.17. The van der Waals surface area contributed by atoms with E-state index in [1.807, 2.05) is 30.3 Å². The summed E-state index contributed by atoms with van der Waals surface area (Å²) in [7, 11) is 0.611. The fourth-order valence-corrected chi connectivity index (χ4v) is 2.61. The summed E-state index contributed by atoms with van der Waals surface area (Å²) < 4.78 is 0.140. The van der Waals surface area contributed by atoms with Gasteiger partial charge in [0.05, 0.1) is 6.16 Å². The number of quaternary nitrogens is 1. The van der Waals surface area contributed by atoms with Crippen LogP contribution < -0.4 is 3.94 Å². The quantitative estimate of drug-likeness (QED) is 0.503. The molecule has 1 heterocycles. The Labute approximate surface area is 78.6 Å². The minimum Gasteiger partial charge on any atom is -0.177 e. The first-order chi connectivity index (χ1) is 5.81. The third kappa shape index (κ3) is 1.48. The topological polar surface area (TPSA) is 9.23 Å². The van der Waals surface area contributed by atoms with Crippen LogP contribution in [-0.2, 0) is 4.84 Å². The Balaban J connectivity index is 2.29. The highest BCUT2D eigenvalue weighted by molar-refractivity contribution is 7.39. The number of rotatable bonds is 1. The average Bonchev–Trinajstić information content (AvgIpc) is 2.55. The van der Waals surface area contributed by atoms with Crippen LogP contribution in [0.4, 0.5) is 5.69 Å². The molecule has 0 radical (unpaired) electrons. The predicted molar refractivity (Wildman–Crippen MR) is 53.2 cm³/mol. The summed E-state index contributed by atoms with van der Waals surface area (Å²) in [6.07, 6.45) is 1.05. The molecular weight excluding hydrogens is 193 g/mol. The number of hydrogen-bond acceptors (Lipinski definition) is 1. The highest BCUT2D eigenvalue weighted by Crippen LogP contribution is 2.44. The van der Waals surface area contributed by atoms with Gasteiger partial charge in [-0.1, -0.05) is 18.2 Å². The van der Waals surface area contributed by atoms with E-state index >= 15 is 0 Å². The van der Waals surface area contributed by atoms with Crippen LogP contribution in [0.15, 0.2) is 30.3 Å². The minimum atomic E-state index is 0.140. The average molecular weight is 203 g/mol. The predicted octanol–water partition coefficient (Wildman–Crippen LogP) is 2.69. The molecule has 1 fully saturated rings. The van der Waals surface area contributed by atoms with Crippen LogP contribution in [0, 0.1) is 0 Å². The van der Waals surface area contributed by atoms with Crippen molar-refractivity contribution >= 4 is 26.2 Å². The van der Waals surface area contributed by atoms with E-state index in [9.17, 15) is 0 Å². The van der Waals surface area contributed by atoms with Crippen LogP contribution in [-0.4, -0.2) is 12.8 Å². The number of halogens is 1. The van der Waals surface area contributed by atoms with Gasteiger partial charge >= 0.3 is 0 Å². The van der Waals surface area contributed by atoms with Crippen molar-refractivity contribution in [1.82, 2.24) is 3.94 Å². The van der Waals surface area contributed by atoms with Gasteiger partial charge < -0.3 is 0 Å². The molecule has 1 aromatic rings. The third-order valence-electron chi connectivity index (χ3n) is 1.77. The molecule has 12 heavy (non-hydrogen) atoms. The Hall–Kier alpha value is -0.140. The summed E-state index contributed by atoms with van der Waals surface area (Å²) in [6.45, 7) is 0.761. The van der Waals surface area contributed by atoms with Crippen molar-refractivity contribution in [2.24, 2.45) is 0 Å². The molecule has 0 amide bonds. The number of para-hydroxylation sites is 1. The van der Waals surface area contributed by atoms with E-state index in [1.54, 1.807) is 0 Å². The fraction of sp³-hybridized carbons (Fsp3) is 0.250. The number of benzene rings is 1. The van der Waals surface area contributed by atoms with Crippen molar-refractivity contribution in [2.45, 2.75) is 0 Å². The summed E-state index contributed by atoms with van der Waals surface area (Å²) in [5, 5.41) is 0. The highest BCUT2D eigenvalue weighted by Gasteiger charge is 2.37. The Kier molecular flexibility index (Phi) is 2.33.